The van der Waals surface area contributed by atoms with Gasteiger partial charge in [-0.15, -0.1) is 0 Å². The summed E-state index contributed by atoms with van der Waals surface area (Å²) < 4.78 is 13.2. The molecule has 94 valence electrons. The maximum absolute atomic E-state index is 13.2. The zero-order valence-corrected chi connectivity index (χ0v) is 10.7. The van der Waals surface area contributed by atoms with Crippen LogP contribution in [-0.4, -0.2) is 11.5 Å². The van der Waals surface area contributed by atoms with Crippen molar-refractivity contribution in [3.63, 3.8) is 0 Å². The van der Waals surface area contributed by atoms with Gasteiger partial charge in [-0.2, -0.15) is 0 Å². The van der Waals surface area contributed by atoms with Crippen molar-refractivity contribution >= 4 is 28.8 Å². The number of nitrogens with two attached hydrogens (primary N) is 1. The summed E-state index contributed by atoms with van der Waals surface area (Å²) in [5.74, 6) is 0.314. The molecule has 0 unspecified atom stereocenters. The molecule has 1 aromatic heterocycles. The lowest BCUT2D eigenvalue weighted by atomic mass is 10.2. The number of halogens is 2. The highest BCUT2D eigenvalue weighted by atomic mass is 35.5. The topological polar surface area (TPSA) is 42.1 Å². The summed E-state index contributed by atoms with van der Waals surface area (Å²) in [6.07, 6.45) is 0. The molecule has 2 rings (SSSR count). The number of rotatable bonds is 3. The first-order valence-corrected chi connectivity index (χ1v) is 5.94. The summed E-state index contributed by atoms with van der Waals surface area (Å²) in [5, 5.41) is 0.319. The molecule has 0 aliphatic rings. The molecule has 18 heavy (non-hydrogen) atoms. The molecule has 0 radical (unpaired) electrons. The number of hydrogen-bond donors (Lipinski definition) is 1. The Bertz CT molecular complexity index is 539. The van der Waals surface area contributed by atoms with Crippen molar-refractivity contribution in [3.8, 4) is 0 Å². The van der Waals surface area contributed by atoms with Crippen LogP contribution in [0.3, 0.4) is 0 Å². The second-order valence-electron chi connectivity index (χ2n) is 3.81. The van der Waals surface area contributed by atoms with Gasteiger partial charge in [0.15, 0.2) is 0 Å². The van der Waals surface area contributed by atoms with Gasteiger partial charge in [0.2, 0.25) is 0 Å². The van der Waals surface area contributed by atoms with Gasteiger partial charge in [-0.3, -0.25) is 0 Å². The fraction of sp³-hybridized carbons (Fsp3) is 0.154. The van der Waals surface area contributed by atoms with Crippen LogP contribution in [0.15, 0.2) is 36.4 Å². The van der Waals surface area contributed by atoms with E-state index in [1.54, 1.807) is 18.2 Å². The average Bonchev–Trinajstić information content (AvgIpc) is 2.28. The third-order valence-electron chi connectivity index (χ3n) is 2.52. The van der Waals surface area contributed by atoms with E-state index in [0.717, 1.165) is 0 Å². The molecule has 1 heterocycles. The molecule has 0 spiro atoms. The lowest BCUT2D eigenvalue weighted by Gasteiger charge is -2.22. The van der Waals surface area contributed by atoms with Gasteiger partial charge >= 0.3 is 0 Å². The van der Waals surface area contributed by atoms with E-state index in [-0.39, 0.29) is 5.82 Å². The number of benzene rings is 1. The SMILES string of the molecule is CCN(c1cccc(F)c1)c1cc(N)cc(Cl)n1. The van der Waals surface area contributed by atoms with Crippen LogP contribution in [0.4, 0.5) is 21.6 Å². The lowest BCUT2D eigenvalue weighted by molar-refractivity contribution is 0.627. The maximum Gasteiger partial charge on any atom is 0.136 e. The van der Waals surface area contributed by atoms with E-state index in [4.69, 9.17) is 17.3 Å². The number of nitrogen functional groups attached to an aromatic ring is 1. The maximum atomic E-state index is 13.2. The predicted octanol–water partition coefficient (Wildman–Crippen LogP) is 3.61. The number of hydrogen-bond acceptors (Lipinski definition) is 3. The smallest absolute Gasteiger partial charge is 0.136 e. The molecule has 5 heteroatoms. The minimum absolute atomic E-state index is 0.291. The highest BCUT2D eigenvalue weighted by Crippen LogP contribution is 2.27. The van der Waals surface area contributed by atoms with Crippen LogP contribution in [0.5, 0.6) is 0 Å². The molecule has 2 N–H and O–H groups in total. The molecule has 3 nitrogen and oxygen atoms in total. The molecule has 0 bridgehead atoms. The van der Waals surface area contributed by atoms with Gasteiger partial charge in [0.25, 0.3) is 0 Å². The van der Waals surface area contributed by atoms with Crippen molar-refractivity contribution in [1.29, 1.82) is 0 Å². The van der Waals surface area contributed by atoms with Crippen LogP contribution in [0.2, 0.25) is 5.15 Å². The summed E-state index contributed by atoms with van der Waals surface area (Å²) >= 11 is 5.88. The second kappa shape index (κ2) is 5.23. The fourth-order valence-electron chi connectivity index (χ4n) is 1.76. The molecule has 1 aromatic carbocycles. The Morgan fingerprint density at radius 2 is 2.11 bits per heavy atom. The van der Waals surface area contributed by atoms with Crippen LogP contribution >= 0.6 is 11.6 Å². The Balaban J connectivity index is 2.45. The first kappa shape index (κ1) is 12.6. The number of pyridine rings is 1. The Hall–Kier alpha value is -1.81. The Labute approximate surface area is 110 Å². The van der Waals surface area contributed by atoms with Gasteiger partial charge in [0, 0.05) is 24.0 Å². The normalized spacial score (nSPS) is 10.4. The van der Waals surface area contributed by atoms with E-state index in [0.29, 0.717) is 28.9 Å². The van der Waals surface area contributed by atoms with E-state index in [9.17, 15) is 4.39 Å². The van der Waals surface area contributed by atoms with Crippen LogP contribution in [0.25, 0.3) is 0 Å². The molecule has 0 atom stereocenters. The van der Waals surface area contributed by atoms with E-state index in [1.165, 1.54) is 12.1 Å². The highest BCUT2D eigenvalue weighted by Gasteiger charge is 2.10. The van der Waals surface area contributed by atoms with Gasteiger partial charge in [0.1, 0.15) is 16.8 Å². The largest absolute Gasteiger partial charge is 0.399 e. The standard InChI is InChI=1S/C13H13ClFN3/c1-2-18(11-5-3-4-9(15)6-11)13-8-10(16)7-12(14)17-13/h3-8H,2H2,1H3,(H2,16,17). The third kappa shape index (κ3) is 2.71. The van der Waals surface area contributed by atoms with Crippen LogP contribution in [-0.2, 0) is 0 Å². The summed E-state index contributed by atoms with van der Waals surface area (Å²) in [4.78, 5) is 6.04. The predicted molar refractivity (Wildman–Crippen MR) is 72.7 cm³/mol. The molecule has 0 amide bonds. The summed E-state index contributed by atoms with van der Waals surface area (Å²) in [6.45, 7) is 2.58. The number of anilines is 3. The quantitative estimate of drug-likeness (QED) is 0.862. The molecule has 0 aliphatic heterocycles. The minimum atomic E-state index is -0.291. The second-order valence-corrected chi connectivity index (χ2v) is 4.19. The molecule has 0 saturated carbocycles. The number of nitrogens with zero attached hydrogens (tertiary/aromatic N) is 2. The fourth-order valence-corrected chi connectivity index (χ4v) is 1.97. The third-order valence-corrected chi connectivity index (χ3v) is 2.71. The average molecular weight is 266 g/mol. The first-order chi connectivity index (χ1) is 8.60. The summed E-state index contributed by atoms with van der Waals surface area (Å²) in [6, 6.07) is 9.59. The molecule has 0 aliphatic carbocycles. The van der Waals surface area contributed by atoms with Crippen LogP contribution in [0.1, 0.15) is 6.92 Å². The van der Waals surface area contributed by atoms with Gasteiger partial charge in [-0.1, -0.05) is 17.7 Å². The van der Waals surface area contributed by atoms with E-state index < -0.39 is 0 Å². The molecule has 0 saturated heterocycles. The summed E-state index contributed by atoms with van der Waals surface area (Å²) in [7, 11) is 0. The molecule has 0 fully saturated rings. The van der Waals surface area contributed by atoms with Crippen molar-refractivity contribution in [2.24, 2.45) is 0 Å². The number of aromatic nitrogens is 1. The van der Waals surface area contributed by atoms with E-state index in [2.05, 4.69) is 4.98 Å². The summed E-state index contributed by atoms with van der Waals surface area (Å²) in [5.41, 5.74) is 6.98. The van der Waals surface area contributed by atoms with Crippen molar-refractivity contribution in [2.45, 2.75) is 6.92 Å². The Morgan fingerprint density at radius 1 is 1.33 bits per heavy atom. The van der Waals surface area contributed by atoms with Crippen molar-refractivity contribution in [3.05, 3.63) is 47.4 Å². The van der Waals surface area contributed by atoms with Crippen molar-refractivity contribution < 1.29 is 4.39 Å². The zero-order valence-electron chi connectivity index (χ0n) is 9.90. The van der Waals surface area contributed by atoms with Gasteiger partial charge in [-0.25, -0.2) is 9.37 Å². The highest BCUT2D eigenvalue weighted by molar-refractivity contribution is 6.29. The Morgan fingerprint density at radius 3 is 2.72 bits per heavy atom. The Kier molecular flexibility index (Phi) is 3.67. The lowest BCUT2D eigenvalue weighted by Crippen LogP contribution is -2.17. The van der Waals surface area contributed by atoms with E-state index >= 15 is 0 Å². The van der Waals surface area contributed by atoms with Crippen molar-refractivity contribution in [2.75, 3.05) is 17.2 Å². The van der Waals surface area contributed by atoms with E-state index in [1.807, 2.05) is 17.9 Å². The molecule has 2 aromatic rings. The van der Waals surface area contributed by atoms with Gasteiger partial charge < -0.3 is 10.6 Å². The van der Waals surface area contributed by atoms with Gasteiger partial charge in [0.05, 0.1) is 0 Å². The monoisotopic (exact) mass is 265 g/mol. The van der Waals surface area contributed by atoms with Crippen LogP contribution < -0.4 is 10.6 Å². The van der Waals surface area contributed by atoms with Crippen molar-refractivity contribution in [1.82, 2.24) is 4.98 Å². The first-order valence-electron chi connectivity index (χ1n) is 5.56. The van der Waals surface area contributed by atoms with Crippen LogP contribution in [0, 0.1) is 5.82 Å². The minimum Gasteiger partial charge on any atom is -0.399 e. The molecular formula is C13H13ClFN3. The zero-order chi connectivity index (χ0) is 13.1. The van der Waals surface area contributed by atoms with Gasteiger partial charge in [-0.05, 0) is 31.2 Å². The molecular weight excluding hydrogens is 253 g/mol.